The van der Waals surface area contributed by atoms with Crippen LogP contribution in [0.2, 0.25) is 0 Å². The van der Waals surface area contributed by atoms with Gasteiger partial charge in [0.25, 0.3) is 9.05 Å². The van der Waals surface area contributed by atoms with Gasteiger partial charge in [-0.2, -0.15) is 13.2 Å². The lowest BCUT2D eigenvalue weighted by Gasteiger charge is -2.13. The number of benzene rings is 1. The van der Waals surface area contributed by atoms with E-state index in [2.05, 4.69) is 0 Å². The van der Waals surface area contributed by atoms with Crippen LogP contribution < -0.4 is 4.74 Å². The van der Waals surface area contributed by atoms with Gasteiger partial charge >= 0.3 is 6.18 Å². The molecule has 108 valence electrons. The number of rotatable bonds is 4. The van der Waals surface area contributed by atoms with Crippen LogP contribution in [0.4, 0.5) is 13.2 Å². The summed E-state index contributed by atoms with van der Waals surface area (Å²) in [5, 5.41) is 0. The number of halogens is 4. The molecule has 0 N–H and O–H groups in total. The second-order valence-corrected chi connectivity index (χ2v) is 6.57. The molecule has 1 rings (SSSR count). The standard InChI is InChI=1S/C11H12ClF3O3S/c1-7-6-10(19(12,16)17)8(2)5-9(7)18-4-3-11(13,14)15/h5-6H,3-4H2,1-2H3. The van der Waals surface area contributed by atoms with Gasteiger partial charge in [0.05, 0.1) is 17.9 Å². The van der Waals surface area contributed by atoms with Crippen LogP contribution in [-0.4, -0.2) is 21.2 Å². The quantitative estimate of drug-likeness (QED) is 0.798. The van der Waals surface area contributed by atoms with Gasteiger partial charge in [0, 0.05) is 10.7 Å². The summed E-state index contributed by atoms with van der Waals surface area (Å²) in [6.07, 6.45) is -5.36. The molecule has 0 heterocycles. The molecular weight excluding hydrogens is 305 g/mol. The third-order valence-electron chi connectivity index (χ3n) is 2.38. The summed E-state index contributed by atoms with van der Waals surface area (Å²) in [4.78, 5) is -0.0742. The van der Waals surface area contributed by atoms with Crippen molar-refractivity contribution in [3.05, 3.63) is 23.3 Å². The van der Waals surface area contributed by atoms with E-state index in [4.69, 9.17) is 15.4 Å². The summed E-state index contributed by atoms with van der Waals surface area (Å²) >= 11 is 0. The van der Waals surface area contributed by atoms with Crippen molar-refractivity contribution >= 4 is 19.7 Å². The van der Waals surface area contributed by atoms with E-state index in [-0.39, 0.29) is 10.6 Å². The molecule has 0 unspecified atom stereocenters. The van der Waals surface area contributed by atoms with E-state index >= 15 is 0 Å². The zero-order valence-corrected chi connectivity index (χ0v) is 11.8. The Balaban J connectivity index is 2.91. The molecule has 0 aliphatic rings. The first-order chi connectivity index (χ1) is 8.50. The van der Waals surface area contributed by atoms with Gasteiger partial charge in [-0.05, 0) is 37.1 Å². The molecule has 0 radical (unpaired) electrons. The minimum absolute atomic E-state index is 0.0742. The second-order valence-electron chi connectivity index (χ2n) is 4.03. The maximum absolute atomic E-state index is 12.0. The fraction of sp³-hybridized carbons (Fsp3) is 0.455. The normalized spacial score (nSPS) is 12.5. The van der Waals surface area contributed by atoms with Crippen LogP contribution in [0.15, 0.2) is 17.0 Å². The molecule has 0 spiro atoms. The third-order valence-corrected chi connectivity index (χ3v) is 3.84. The molecule has 0 saturated heterocycles. The monoisotopic (exact) mass is 316 g/mol. The van der Waals surface area contributed by atoms with E-state index in [0.29, 0.717) is 11.1 Å². The molecule has 19 heavy (non-hydrogen) atoms. The van der Waals surface area contributed by atoms with Gasteiger partial charge in [0.2, 0.25) is 0 Å². The summed E-state index contributed by atoms with van der Waals surface area (Å²) < 4.78 is 63.4. The molecule has 0 aromatic heterocycles. The minimum atomic E-state index is -4.29. The highest BCUT2D eigenvalue weighted by atomic mass is 35.7. The summed E-state index contributed by atoms with van der Waals surface area (Å²) in [5.41, 5.74) is 0.731. The average Bonchev–Trinajstić information content (AvgIpc) is 2.19. The lowest BCUT2D eigenvalue weighted by molar-refractivity contribution is -0.139. The molecule has 0 atom stereocenters. The Kier molecular flexibility index (Phi) is 4.73. The third kappa shape index (κ3) is 4.91. The summed E-state index contributed by atoms with van der Waals surface area (Å²) in [6, 6.07) is 2.64. The maximum Gasteiger partial charge on any atom is 0.392 e. The van der Waals surface area contributed by atoms with Gasteiger partial charge in [-0.3, -0.25) is 0 Å². The minimum Gasteiger partial charge on any atom is -0.493 e. The lowest BCUT2D eigenvalue weighted by Crippen LogP contribution is -2.13. The van der Waals surface area contributed by atoms with Crippen molar-refractivity contribution in [2.75, 3.05) is 6.61 Å². The van der Waals surface area contributed by atoms with Gasteiger partial charge in [-0.25, -0.2) is 8.42 Å². The van der Waals surface area contributed by atoms with Crippen molar-refractivity contribution in [2.45, 2.75) is 31.3 Å². The van der Waals surface area contributed by atoms with Gasteiger partial charge in [0.1, 0.15) is 5.75 Å². The number of aryl methyl sites for hydroxylation is 2. The molecule has 1 aromatic carbocycles. The van der Waals surface area contributed by atoms with E-state index < -0.39 is 28.3 Å². The first-order valence-corrected chi connectivity index (χ1v) is 7.57. The van der Waals surface area contributed by atoms with E-state index in [1.54, 1.807) is 0 Å². The maximum atomic E-state index is 12.0. The Labute approximate surface area is 113 Å². The Bertz CT molecular complexity index is 567. The van der Waals surface area contributed by atoms with E-state index in [1.807, 2.05) is 0 Å². The molecule has 0 bridgehead atoms. The Morgan fingerprint density at radius 1 is 1.21 bits per heavy atom. The molecule has 0 aliphatic carbocycles. The van der Waals surface area contributed by atoms with Crippen molar-refractivity contribution in [3.8, 4) is 5.75 Å². The van der Waals surface area contributed by atoms with Crippen LogP contribution >= 0.6 is 10.7 Å². The zero-order chi connectivity index (χ0) is 14.8. The van der Waals surface area contributed by atoms with Crippen LogP contribution in [0.5, 0.6) is 5.75 Å². The lowest BCUT2D eigenvalue weighted by atomic mass is 10.1. The van der Waals surface area contributed by atoms with E-state index in [9.17, 15) is 21.6 Å². The predicted molar refractivity (Wildman–Crippen MR) is 65.1 cm³/mol. The molecule has 0 amide bonds. The molecule has 0 saturated carbocycles. The van der Waals surface area contributed by atoms with Crippen molar-refractivity contribution in [1.29, 1.82) is 0 Å². The Morgan fingerprint density at radius 3 is 2.26 bits per heavy atom. The average molecular weight is 317 g/mol. The zero-order valence-electron chi connectivity index (χ0n) is 10.2. The highest BCUT2D eigenvalue weighted by Gasteiger charge is 2.27. The van der Waals surface area contributed by atoms with Crippen molar-refractivity contribution in [2.24, 2.45) is 0 Å². The molecular formula is C11H12ClF3O3S. The Hall–Kier alpha value is -0.950. The van der Waals surface area contributed by atoms with Crippen LogP contribution in [0.3, 0.4) is 0 Å². The van der Waals surface area contributed by atoms with Crippen molar-refractivity contribution < 1.29 is 26.3 Å². The van der Waals surface area contributed by atoms with Gasteiger partial charge in [-0.15, -0.1) is 0 Å². The van der Waals surface area contributed by atoms with Gasteiger partial charge in [0.15, 0.2) is 0 Å². The molecule has 0 fully saturated rings. The molecule has 8 heteroatoms. The van der Waals surface area contributed by atoms with Gasteiger partial charge < -0.3 is 4.74 Å². The smallest absolute Gasteiger partial charge is 0.392 e. The van der Waals surface area contributed by atoms with Crippen LogP contribution in [0.25, 0.3) is 0 Å². The summed E-state index contributed by atoms with van der Waals surface area (Å²) in [6.45, 7) is 2.51. The molecule has 0 aliphatic heterocycles. The highest BCUT2D eigenvalue weighted by molar-refractivity contribution is 8.13. The van der Waals surface area contributed by atoms with Crippen LogP contribution in [0, 0.1) is 13.8 Å². The first kappa shape index (κ1) is 16.1. The summed E-state index contributed by atoms with van der Waals surface area (Å²) in [7, 11) is 1.36. The second kappa shape index (κ2) is 5.58. The number of hydrogen-bond acceptors (Lipinski definition) is 3. The molecule has 3 nitrogen and oxygen atoms in total. The SMILES string of the molecule is Cc1cc(S(=O)(=O)Cl)c(C)cc1OCCC(F)(F)F. The van der Waals surface area contributed by atoms with Crippen molar-refractivity contribution in [1.82, 2.24) is 0 Å². The van der Waals surface area contributed by atoms with E-state index in [1.165, 1.54) is 26.0 Å². The molecule has 1 aromatic rings. The fourth-order valence-electron chi connectivity index (χ4n) is 1.46. The number of hydrogen-bond donors (Lipinski definition) is 0. The fourth-order valence-corrected chi connectivity index (χ4v) is 2.72. The topological polar surface area (TPSA) is 43.4 Å². The van der Waals surface area contributed by atoms with Gasteiger partial charge in [-0.1, -0.05) is 0 Å². The predicted octanol–water partition coefficient (Wildman–Crippen LogP) is 3.56. The number of alkyl halides is 3. The summed E-state index contributed by atoms with van der Waals surface area (Å²) in [5.74, 6) is 0.214. The van der Waals surface area contributed by atoms with E-state index in [0.717, 1.165) is 0 Å². The van der Waals surface area contributed by atoms with Crippen LogP contribution in [-0.2, 0) is 9.05 Å². The highest BCUT2D eigenvalue weighted by Crippen LogP contribution is 2.28. The Morgan fingerprint density at radius 2 is 1.79 bits per heavy atom. The van der Waals surface area contributed by atoms with Crippen LogP contribution in [0.1, 0.15) is 17.5 Å². The largest absolute Gasteiger partial charge is 0.493 e. The number of ether oxygens (including phenoxy) is 1. The van der Waals surface area contributed by atoms with Crippen molar-refractivity contribution in [3.63, 3.8) is 0 Å². The first-order valence-electron chi connectivity index (χ1n) is 5.26.